The summed E-state index contributed by atoms with van der Waals surface area (Å²) in [5.74, 6) is -1.52. The molecule has 2 aromatic heterocycles. The van der Waals surface area contributed by atoms with Crippen LogP contribution in [0.2, 0.25) is 0 Å². The van der Waals surface area contributed by atoms with Gasteiger partial charge in [-0.3, -0.25) is 9.59 Å². The van der Waals surface area contributed by atoms with E-state index < -0.39 is 17.9 Å². The number of aliphatic hydroxyl groups is 1. The first-order valence-electron chi connectivity index (χ1n) is 21.8. The van der Waals surface area contributed by atoms with E-state index in [4.69, 9.17) is 19.4 Å². The quantitative estimate of drug-likeness (QED) is 0.0932. The number of nitrogens with one attached hydrogen (secondary N) is 2. The molecule has 2 fully saturated rings. The summed E-state index contributed by atoms with van der Waals surface area (Å²) in [5, 5.41) is 20.6. The van der Waals surface area contributed by atoms with Gasteiger partial charge in [-0.25, -0.2) is 0 Å². The Hall–Kier alpha value is -4.15. The molecule has 10 heteroatoms. The molecular formula is C50H66MgN4O5. The van der Waals surface area contributed by atoms with Crippen LogP contribution in [0.4, 0.5) is 0 Å². The van der Waals surface area contributed by atoms with Crippen molar-refractivity contribution in [2.45, 2.75) is 126 Å². The maximum Gasteiger partial charge on any atom is 2.00 e. The van der Waals surface area contributed by atoms with Crippen LogP contribution >= 0.6 is 0 Å². The summed E-state index contributed by atoms with van der Waals surface area (Å²) in [7, 11) is 1.35. The number of hydrogen-bond donors (Lipinski definition) is 3. The summed E-state index contributed by atoms with van der Waals surface area (Å²) < 4.78 is 11.1. The Morgan fingerprint density at radius 3 is 2.25 bits per heavy atom. The van der Waals surface area contributed by atoms with E-state index in [0.717, 1.165) is 90.2 Å². The molecule has 0 spiro atoms. The number of rotatable bonds is 15. The molecule has 6 rings (SSSR count). The number of methoxy groups -OCH3 is 1. The number of nitrogens with zero attached hydrogens (tertiary/aromatic N) is 2. The fourth-order valence-corrected chi connectivity index (χ4v) is 9.75. The number of aromatic nitrogens is 2. The molecule has 318 valence electrons. The van der Waals surface area contributed by atoms with Gasteiger partial charge in [0.25, 0.3) is 0 Å². The van der Waals surface area contributed by atoms with Gasteiger partial charge in [0.1, 0.15) is 18.3 Å². The Labute approximate surface area is 373 Å². The molecule has 0 radical (unpaired) electrons. The van der Waals surface area contributed by atoms with Crippen molar-refractivity contribution < 1.29 is 24.2 Å². The number of carbonyl (C=O) groups excluding carboxylic acids is 2. The number of carbonyl (C=O) groups is 2. The smallest absolute Gasteiger partial charge is 0.657 e. The number of aliphatic hydroxyl groups excluding tert-OH is 1. The van der Waals surface area contributed by atoms with E-state index in [2.05, 4.69) is 96.9 Å². The van der Waals surface area contributed by atoms with Crippen molar-refractivity contribution in [1.29, 1.82) is 0 Å². The fraction of sp³-hybridized carbons (Fsp3) is 0.520. The zero-order chi connectivity index (χ0) is 42.7. The topological polar surface area (TPSA) is 125 Å². The van der Waals surface area contributed by atoms with Crippen molar-refractivity contribution in [3.63, 3.8) is 0 Å². The third-order valence-corrected chi connectivity index (χ3v) is 13.4. The van der Waals surface area contributed by atoms with Crippen molar-refractivity contribution in [2.24, 2.45) is 29.6 Å². The van der Waals surface area contributed by atoms with E-state index in [-0.39, 0.29) is 71.5 Å². The molecule has 8 bridgehead atoms. The van der Waals surface area contributed by atoms with Gasteiger partial charge in [-0.2, -0.15) is 0 Å². The maximum atomic E-state index is 13.6. The Kier molecular flexibility index (Phi) is 15.7. The van der Waals surface area contributed by atoms with Gasteiger partial charge >= 0.3 is 35.0 Å². The summed E-state index contributed by atoms with van der Waals surface area (Å²) in [6.07, 6.45) is 18.4. The molecule has 2 aromatic rings. The van der Waals surface area contributed by atoms with Crippen molar-refractivity contribution in [1.82, 2.24) is 20.6 Å². The van der Waals surface area contributed by atoms with Gasteiger partial charge in [-0.05, 0) is 104 Å². The number of fused-ring (bicyclic) bond motifs is 8. The van der Waals surface area contributed by atoms with Crippen LogP contribution in [0.1, 0.15) is 134 Å². The van der Waals surface area contributed by atoms with Gasteiger partial charge in [-0.15, -0.1) is 29.0 Å². The Balaban J connectivity index is 0.00000683. The number of ether oxygens (including phenoxy) is 2. The second-order valence-electron chi connectivity index (χ2n) is 17.5. The van der Waals surface area contributed by atoms with E-state index >= 15 is 0 Å². The minimum Gasteiger partial charge on any atom is -0.657 e. The fourth-order valence-electron chi connectivity index (χ4n) is 9.75. The van der Waals surface area contributed by atoms with Gasteiger partial charge in [0.2, 0.25) is 0 Å². The third kappa shape index (κ3) is 9.65. The van der Waals surface area contributed by atoms with Crippen molar-refractivity contribution in [2.75, 3.05) is 13.7 Å². The van der Waals surface area contributed by atoms with Crippen molar-refractivity contribution in [3.05, 3.63) is 96.9 Å². The SMILES string of the molecule is C=C(C)CCC/C(C)=C/CC/C(C)=C/COC(=O)CC[C@@H]1C2N/C(=C\c3[n-]c(c(CC)c3C)/C=C3\N/C(=C\c4[n-]c5c(c4C)=C(O)[C@H](C(=O)OC)C=52)C(CC)[C@H]3C)[C@H]1C.[Mg+2]. The third-order valence-electron chi connectivity index (χ3n) is 13.4. The molecule has 9 nitrogen and oxygen atoms in total. The number of esters is 2. The van der Waals surface area contributed by atoms with Gasteiger partial charge < -0.3 is 35.2 Å². The molecular weight excluding hydrogens is 761 g/mol. The maximum absolute atomic E-state index is 13.6. The monoisotopic (exact) mass is 826 g/mol. The van der Waals surface area contributed by atoms with E-state index in [1.807, 2.05) is 13.0 Å². The van der Waals surface area contributed by atoms with Crippen LogP contribution in [0.25, 0.3) is 29.6 Å². The molecule has 0 amide bonds. The van der Waals surface area contributed by atoms with Crippen LogP contribution in [0.15, 0.2) is 52.5 Å². The van der Waals surface area contributed by atoms with Gasteiger partial charge in [0.15, 0.2) is 0 Å². The molecule has 1 aliphatic carbocycles. The predicted octanol–water partition coefficient (Wildman–Crippen LogP) is 7.99. The van der Waals surface area contributed by atoms with E-state index in [1.54, 1.807) is 0 Å². The Morgan fingerprint density at radius 2 is 1.57 bits per heavy atom. The predicted molar refractivity (Wildman–Crippen MR) is 244 cm³/mol. The minimum absolute atomic E-state index is 0. The Morgan fingerprint density at radius 1 is 0.883 bits per heavy atom. The van der Waals surface area contributed by atoms with Crippen molar-refractivity contribution >= 4 is 64.6 Å². The first kappa shape index (κ1) is 46.9. The van der Waals surface area contributed by atoms with Crippen LogP contribution < -0.4 is 31.2 Å². The molecule has 0 saturated carbocycles. The normalized spacial score (nSPS) is 25.9. The van der Waals surface area contributed by atoms with E-state index in [0.29, 0.717) is 22.6 Å². The Bertz CT molecular complexity index is 2260. The molecule has 4 aliphatic rings. The summed E-state index contributed by atoms with van der Waals surface area (Å²) in [6.45, 7) is 23.5. The molecule has 2 saturated heterocycles. The molecule has 60 heavy (non-hydrogen) atoms. The molecule has 3 N–H and O–H groups in total. The van der Waals surface area contributed by atoms with Crippen LogP contribution in [0.3, 0.4) is 0 Å². The molecule has 6 atom stereocenters. The average Bonchev–Trinajstić information content (AvgIpc) is 3.94. The first-order chi connectivity index (χ1) is 28.2. The molecule has 0 aromatic carbocycles. The molecule has 5 heterocycles. The van der Waals surface area contributed by atoms with Crippen LogP contribution in [0, 0.1) is 43.4 Å². The van der Waals surface area contributed by atoms with E-state index in [9.17, 15) is 14.7 Å². The van der Waals surface area contributed by atoms with Crippen LogP contribution in [-0.4, -0.2) is 59.9 Å². The van der Waals surface area contributed by atoms with Gasteiger partial charge in [0, 0.05) is 46.5 Å². The van der Waals surface area contributed by atoms with E-state index in [1.165, 1.54) is 29.4 Å². The summed E-state index contributed by atoms with van der Waals surface area (Å²) in [4.78, 5) is 37.4. The molecule has 3 aliphatic heterocycles. The van der Waals surface area contributed by atoms with Crippen LogP contribution in [0.5, 0.6) is 0 Å². The zero-order valence-electron chi connectivity index (χ0n) is 37.8. The van der Waals surface area contributed by atoms with Crippen molar-refractivity contribution in [3.8, 4) is 0 Å². The standard InChI is InChI=1S/C50H66N4O5.Mg/c1-12-34-30(7)37-24-39-32(9)36(20-21-43(55)59-23-22-29(6)19-15-18-28(5)17-14-16-27(3)4)47(53-39)45-46(50(57)58-11)49(56)44-33(10)40(54-48(44)45)26-42-35(13-2)31(8)38(52-42)25-41(34)51-37;/h18,22,24-26,31-32,35-36,46-47,52-53,56H,3,12-17,19-21,23H2,1-2,4-11H3;/q-2;+2/b28-18+,29-22+,38-25-,39-24-,42-26-;/t31-,32+,35?,36+,46-,47?;/m1./s1. The van der Waals surface area contributed by atoms with Crippen LogP contribution in [-0.2, 0) is 25.5 Å². The first-order valence-corrected chi connectivity index (χ1v) is 21.8. The number of hydrogen-bond acceptors (Lipinski definition) is 7. The second kappa shape index (κ2) is 20.1. The second-order valence-corrected chi connectivity index (χ2v) is 17.5. The minimum atomic E-state index is -1.02. The van der Waals surface area contributed by atoms with Gasteiger partial charge in [-0.1, -0.05) is 85.4 Å². The summed E-state index contributed by atoms with van der Waals surface area (Å²) >= 11 is 0. The zero-order valence-corrected chi connectivity index (χ0v) is 39.2. The molecule has 2 unspecified atom stereocenters. The number of allylic oxidation sites excluding steroid dienone is 7. The average molecular weight is 827 g/mol. The largest absolute Gasteiger partial charge is 2.00 e. The summed E-state index contributed by atoms with van der Waals surface area (Å²) in [6, 6.07) is -0.418. The van der Waals surface area contributed by atoms with Gasteiger partial charge in [0.05, 0.1) is 13.2 Å². The summed E-state index contributed by atoms with van der Waals surface area (Å²) in [5.41, 5.74) is 13.5.